The zero-order valence-electron chi connectivity index (χ0n) is 15.9. The van der Waals surface area contributed by atoms with E-state index in [1.54, 1.807) is 29.6 Å². The maximum Gasteiger partial charge on any atom is 0.225 e. The molecular weight excluding hydrogens is 354 g/mol. The minimum absolute atomic E-state index is 0.0606. The molecule has 3 heterocycles. The number of fused-ring (bicyclic) bond motifs is 1. The van der Waals surface area contributed by atoms with E-state index in [0.717, 1.165) is 11.1 Å². The van der Waals surface area contributed by atoms with Crippen molar-refractivity contribution in [1.29, 1.82) is 0 Å². The monoisotopic (exact) mass is 377 g/mol. The Kier molecular flexibility index (Phi) is 5.06. The lowest BCUT2D eigenvalue weighted by molar-refractivity contribution is -0.134. The Balaban J connectivity index is 1.44. The fourth-order valence-electron chi connectivity index (χ4n) is 3.82. The van der Waals surface area contributed by atoms with Crippen molar-refractivity contribution in [2.45, 2.75) is 19.4 Å². The maximum atomic E-state index is 13.0. The second-order valence-corrected chi connectivity index (χ2v) is 7.01. The Morgan fingerprint density at radius 1 is 1.04 bits per heavy atom. The summed E-state index contributed by atoms with van der Waals surface area (Å²) in [5.41, 5.74) is 2.08. The molecule has 0 radical (unpaired) electrons. The van der Waals surface area contributed by atoms with Crippen LogP contribution < -0.4 is 4.90 Å². The van der Waals surface area contributed by atoms with Gasteiger partial charge in [-0.2, -0.15) is 0 Å². The fraction of sp³-hybridized carbons (Fsp3) is 0.333. The molecule has 2 amide bonds. The predicted octanol–water partition coefficient (Wildman–Crippen LogP) is 2.09. The summed E-state index contributed by atoms with van der Waals surface area (Å²) in [5.74, 6) is 0.702. The number of anilines is 1. The van der Waals surface area contributed by atoms with Crippen LogP contribution in [0.3, 0.4) is 0 Å². The number of amides is 2. The van der Waals surface area contributed by atoms with Gasteiger partial charge in [0.2, 0.25) is 17.8 Å². The molecule has 4 rings (SSSR count). The number of rotatable bonds is 3. The smallest absolute Gasteiger partial charge is 0.225 e. The number of nitrogens with zero attached hydrogens (tertiary/aromatic N) is 5. The highest BCUT2D eigenvalue weighted by molar-refractivity contribution is 5.82. The van der Waals surface area contributed by atoms with E-state index in [4.69, 9.17) is 0 Å². The predicted molar refractivity (Wildman–Crippen MR) is 106 cm³/mol. The second kappa shape index (κ2) is 7.80. The highest BCUT2D eigenvalue weighted by Crippen LogP contribution is 2.33. The first kappa shape index (κ1) is 18.2. The largest absolute Gasteiger partial charge is 0.339 e. The van der Waals surface area contributed by atoms with Gasteiger partial charge < -0.3 is 14.7 Å². The zero-order valence-corrected chi connectivity index (χ0v) is 15.9. The van der Waals surface area contributed by atoms with Gasteiger partial charge in [-0.3, -0.25) is 9.59 Å². The van der Waals surface area contributed by atoms with Gasteiger partial charge in [0.25, 0.3) is 0 Å². The molecule has 2 aliphatic rings. The Bertz CT molecular complexity index is 891. The van der Waals surface area contributed by atoms with Crippen LogP contribution in [0.15, 0.2) is 48.9 Å². The van der Waals surface area contributed by atoms with Gasteiger partial charge >= 0.3 is 0 Å². The number of hydrogen-bond acceptors (Lipinski definition) is 5. The van der Waals surface area contributed by atoms with Crippen molar-refractivity contribution in [3.63, 3.8) is 0 Å². The standard InChI is InChI=1S/C21H23N5O2/c1-16(27)26-10-7-17-5-2-3-6-18(17)19(26)15-20(28)24-11-13-25(14-12-24)21-22-8-4-9-23-21/h2-10,19H,11-15H2,1H3. The molecule has 28 heavy (non-hydrogen) atoms. The molecule has 2 aromatic rings. The minimum atomic E-state index is -0.262. The molecule has 7 heteroatoms. The second-order valence-electron chi connectivity index (χ2n) is 7.01. The van der Waals surface area contributed by atoms with Gasteiger partial charge in [0, 0.05) is 51.7 Å². The van der Waals surface area contributed by atoms with Crippen LogP contribution in [-0.2, 0) is 9.59 Å². The summed E-state index contributed by atoms with van der Waals surface area (Å²) >= 11 is 0. The number of piperazine rings is 1. The first-order valence-electron chi connectivity index (χ1n) is 9.49. The van der Waals surface area contributed by atoms with Gasteiger partial charge in [0.05, 0.1) is 12.5 Å². The zero-order chi connectivity index (χ0) is 19.5. The number of benzene rings is 1. The Labute approximate surface area is 164 Å². The highest BCUT2D eigenvalue weighted by atomic mass is 16.2. The van der Waals surface area contributed by atoms with E-state index < -0.39 is 0 Å². The van der Waals surface area contributed by atoms with Crippen molar-refractivity contribution in [3.05, 3.63) is 60.1 Å². The van der Waals surface area contributed by atoms with Crippen molar-refractivity contribution in [2.24, 2.45) is 0 Å². The minimum Gasteiger partial charge on any atom is -0.339 e. The van der Waals surface area contributed by atoms with E-state index in [1.807, 2.05) is 35.2 Å². The van der Waals surface area contributed by atoms with Crippen LogP contribution in [0.4, 0.5) is 5.95 Å². The molecule has 2 aliphatic heterocycles. The van der Waals surface area contributed by atoms with Gasteiger partial charge in [0.15, 0.2) is 0 Å². The van der Waals surface area contributed by atoms with Crippen molar-refractivity contribution in [1.82, 2.24) is 19.8 Å². The lowest BCUT2D eigenvalue weighted by atomic mass is 9.93. The summed E-state index contributed by atoms with van der Waals surface area (Å²) in [5, 5.41) is 0. The van der Waals surface area contributed by atoms with Gasteiger partial charge in [-0.25, -0.2) is 9.97 Å². The topological polar surface area (TPSA) is 69.6 Å². The van der Waals surface area contributed by atoms with E-state index in [0.29, 0.717) is 32.1 Å². The maximum absolute atomic E-state index is 13.0. The van der Waals surface area contributed by atoms with Crippen molar-refractivity contribution >= 4 is 23.8 Å². The number of hydrogen-bond donors (Lipinski definition) is 0. The van der Waals surface area contributed by atoms with Crippen molar-refractivity contribution in [2.75, 3.05) is 31.1 Å². The number of carbonyl (C=O) groups excluding carboxylic acids is 2. The van der Waals surface area contributed by atoms with Gasteiger partial charge in [-0.15, -0.1) is 0 Å². The third kappa shape index (κ3) is 3.60. The molecule has 144 valence electrons. The quantitative estimate of drug-likeness (QED) is 0.819. The van der Waals surface area contributed by atoms with Crippen LogP contribution in [0.2, 0.25) is 0 Å². The van der Waals surface area contributed by atoms with Crippen LogP contribution in [0.1, 0.15) is 30.5 Å². The van der Waals surface area contributed by atoms with Crippen LogP contribution in [0.5, 0.6) is 0 Å². The van der Waals surface area contributed by atoms with Crippen LogP contribution in [0.25, 0.3) is 6.08 Å². The molecule has 0 N–H and O–H groups in total. The van der Waals surface area contributed by atoms with E-state index in [1.165, 1.54) is 6.92 Å². The molecule has 0 spiro atoms. The molecule has 1 aromatic carbocycles. The molecule has 1 unspecified atom stereocenters. The lowest BCUT2D eigenvalue weighted by Crippen LogP contribution is -2.50. The Morgan fingerprint density at radius 3 is 2.46 bits per heavy atom. The average molecular weight is 377 g/mol. The SMILES string of the molecule is CC(=O)N1C=Cc2ccccc2C1CC(=O)N1CCN(c2ncccn2)CC1. The van der Waals surface area contributed by atoms with E-state index in [-0.39, 0.29) is 24.3 Å². The van der Waals surface area contributed by atoms with Crippen LogP contribution >= 0.6 is 0 Å². The average Bonchev–Trinajstić information content (AvgIpc) is 2.74. The summed E-state index contributed by atoms with van der Waals surface area (Å²) in [6.45, 7) is 4.19. The lowest BCUT2D eigenvalue weighted by Gasteiger charge is -2.37. The first-order valence-corrected chi connectivity index (χ1v) is 9.49. The molecule has 1 atom stereocenters. The van der Waals surface area contributed by atoms with Crippen molar-refractivity contribution in [3.8, 4) is 0 Å². The first-order chi connectivity index (χ1) is 13.6. The van der Waals surface area contributed by atoms with Gasteiger partial charge in [0.1, 0.15) is 0 Å². The molecule has 1 saturated heterocycles. The third-order valence-corrected chi connectivity index (χ3v) is 5.30. The van der Waals surface area contributed by atoms with E-state index >= 15 is 0 Å². The Hall–Kier alpha value is -3.22. The summed E-state index contributed by atoms with van der Waals surface area (Å²) in [6.07, 6.45) is 7.45. The molecule has 1 fully saturated rings. The molecule has 0 saturated carbocycles. The summed E-state index contributed by atoms with van der Waals surface area (Å²) < 4.78 is 0. The Morgan fingerprint density at radius 2 is 1.75 bits per heavy atom. The third-order valence-electron chi connectivity index (χ3n) is 5.30. The molecule has 0 aliphatic carbocycles. The molecular formula is C21H23N5O2. The summed E-state index contributed by atoms with van der Waals surface area (Å²) in [4.78, 5) is 39.3. The summed E-state index contributed by atoms with van der Waals surface area (Å²) in [6, 6.07) is 9.46. The number of aromatic nitrogens is 2. The molecule has 7 nitrogen and oxygen atoms in total. The van der Waals surface area contributed by atoms with Crippen molar-refractivity contribution < 1.29 is 9.59 Å². The van der Waals surface area contributed by atoms with Crippen LogP contribution in [0, 0.1) is 0 Å². The fourth-order valence-corrected chi connectivity index (χ4v) is 3.82. The van der Waals surface area contributed by atoms with Gasteiger partial charge in [-0.05, 0) is 23.3 Å². The van der Waals surface area contributed by atoms with E-state index in [9.17, 15) is 9.59 Å². The normalized spacial score (nSPS) is 18.8. The highest BCUT2D eigenvalue weighted by Gasteiger charge is 2.31. The molecule has 1 aromatic heterocycles. The van der Waals surface area contributed by atoms with Crippen LogP contribution in [-0.4, -0.2) is 57.8 Å². The number of carbonyl (C=O) groups is 2. The summed E-state index contributed by atoms with van der Waals surface area (Å²) in [7, 11) is 0. The molecule has 0 bridgehead atoms. The van der Waals surface area contributed by atoms with Gasteiger partial charge in [-0.1, -0.05) is 24.3 Å². The van der Waals surface area contributed by atoms with E-state index in [2.05, 4.69) is 14.9 Å².